The molecular formula is C17H35N3O4. The molecule has 0 aliphatic carbocycles. The maximum atomic E-state index is 10.6. The Morgan fingerprint density at radius 3 is 2.17 bits per heavy atom. The summed E-state index contributed by atoms with van der Waals surface area (Å²) in [6.07, 6.45) is 2.47. The first-order valence-corrected chi connectivity index (χ1v) is 9.15. The largest absolute Gasteiger partial charge is 0.378 e. The lowest BCUT2D eigenvalue weighted by Gasteiger charge is -2.32. The molecule has 0 aromatic heterocycles. The second-order valence-electron chi connectivity index (χ2n) is 5.99. The van der Waals surface area contributed by atoms with Crippen molar-refractivity contribution in [3.8, 4) is 0 Å². The van der Waals surface area contributed by atoms with Crippen molar-refractivity contribution >= 4 is 5.91 Å². The van der Waals surface area contributed by atoms with Crippen molar-refractivity contribution in [2.75, 3.05) is 72.4 Å². The highest BCUT2D eigenvalue weighted by Gasteiger charge is 2.17. The summed E-state index contributed by atoms with van der Waals surface area (Å²) in [6.45, 7) is 12.2. The lowest BCUT2D eigenvalue weighted by Crippen LogP contribution is -2.43. The van der Waals surface area contributed by atoms with Gasteiger partial charge in [-0.2, -0.15) is 0 Å². The minimum Gasteiger partial charge on any atom is -0.378 e. The summed E-state index contributed by atoms with van der Waals surface area (Å²) < 4.78 is 16.4. The zero-order valence-electron chi connectivity index (χ0n) is 15.3. The van der Waals surface area contributed by atoms with Gasteiger partial charge in [0.25, 0.3) is 0 Å². The third-order valence-electron chi connectivity index (χ3n) is 4.00. The maximum absolute atomic E-state index is 10.6. The van der Waals surface area contributed by atoms with Crippen LogP contribution in [0.2, 0.25) is 0 Å². The van der Waals surface area contributed by atoms with Crippen molar-refractivity contribution < 1.29 is 19.0 Å². The number of carbonyl (C=O) groups excluding carboxylic acids is 1. The van der Waals surface area contributed by atoms with E-state index in [1.54, 1.807) is 0 Å². The Bertz CT molecular complexity index is 310. The summed E-state index contributed by atoms with van der Waals surface area (Å²) in [5.41, 5.74) is 0. The number of piperidine rings is 1. The molecule has 1 aliphatic heterocycles. The van der Waals surface area contributed by atoms with Crippen LogP contribution in [0.4, 0.5) is 0 Å². The smallest absolute Gasteiger partial charge is 0.216 e. The average molecular weight is 345 g/mol. The summed E-state index contributed by atoms with van der Waals surface area (Å²) in [5, 5.41) is 6.19. The van der Waals surface area contributed by atoms with Gasteiger partial charge in [-0.15, -0.1) is 0 Å². The number of amides is 1. The summed E-state index contributed by atoms with van der Waals surface area (Å²) in [6, 6.07) is 0.695. The van der Waals surface area contributed by atoms with Gasteiger partial charge in [-0.1, -0.05) is 6.92 Å². The first-order valence-electron chi connectivity index (χ1n) is 9.15. The molecular weight excluding hydrogens is 310 g/mol. The van der Waals surface area contributed by atoms with E-state index in [9.17, 15) is 4.79 Å². The topological polar surface area (TPSA) is 72.1 Å². The molecule has 0 radical (unpaired) electrons. The molecule has 0 saturated carbocycles. The van der Waals surface area contributed by atoms with E-state index in [1.807, 2.05) is 0 Å². The van der Waals surface area contributed by atoms with Crippen LogP contribution in [0.15, 0.2) is 0 Å². The Balaban J connectivity index is 1.77. The third-order valence-corrected chi connectivity index (χ3v) is 4.00. The third kappa shape index (κ3) is 11.8. The number of rotatable bonds is 14. The highest BCUT2D eigenvalue weighted by atomic mass is 16.5. The summed E-state index contributed by atoms with van der Waals surface area (Å²) in [5.74, 6) is -0.0333. The predicted molar refractivity (Wildman–Crippen MR) is 94.3 cm³/mol. The van der Waals surface area contributed by atoms with Crippen LogP contribution in [0, 0.1) is 0 Å². The number of hydrogen-bond acceptors (Lipinski definition) is 6. The zero-order valence-corrected chi connectivity index (χ0v) is 15.3. The molecule has 24 heavy (non-hydrogen) atoms. The van der Waals surface area contributed by atoms with Crippen molar-refractivity contribution in [2.24, 2.45) is 0 Å². The summed E-state index contributed by atoms with van der Waals surface area (Å²) >= 11 is 0. The van der Waals surface area contributed by atoms with Crippen LogP contribution in [0.3, 0.4) is 0 Å². The minimum absolute atomic E-state index is 0.0333. The molecule has 1 saturated heterocycles. The molecule has 7 nitrogen and oxygen atoms in total. The molecule has 7 heteroatoms. The van der Waals surface area contributed by atoms with Gasteiger partial charge in [0.1, 0.15) is 0 Å². The number of likely N-dealkylation sites (tertiary alicyclic amines) is 1. The van der Waals surface area contributed by atoms with Crippen molar-refractivity contribution in [3.05, 3.63) is 0 Å². The van der Waals surface area contributed by atoms with Crippen molar-refractivity contribution in [1.82, 2.24) is 15.5 Å². The fraction of sp³-hybridized carbons (Fsp3) is 0.941. The second-order valence-corrected chi connectivity index (χ2v) is 5.99. The molecule has 0 aromatic carbocycles. The molecule has 2 N–H and O–H groups in total. The molecule has 0 atom stereocenters. The van der Waals surface area contributed by atoms with E-state index in [2.05, 4.69) is 22.5 Å². The molecule has 142 valence electrons. The normalized spacial score (nSPS) is 16.4. The van der Waals surface area contributed by atoms with E-state index < -0.39 is 0 Å². The highest BCUT2D eigenvalue weighted by Crippen LogP contribution is 2.09. The van der Waals surface area contributed by atoms with Crippen LogP contribution in [0.5, 0.6) is 0 Å². The lowest BCUT2D eigenvalue weighted by atomic mass is 10.1. The second kappa shape index (κ2) is 14.6. The van der Waals surface area contributed by atoms with Gasteiger partial charge in [-0.25, -0.2) is 0 Å². The van der Waals surface area contributed by atoms with Crippen molar-refractivity contribution in [1.29, 1.82) is 0 Å². The fourth-order valence-corrected chi connectivity index (χ4v) is 2.68. The molecule has 1 fully saturated rings. The molecule has 0 bridgehead atoms. The van der Waals surface area contributed by atoms with Crippen LogP contribution in [-0.2, 0) is 19.0 Å². The molecule has 0 unspecified atom stereocenters. The monoisotopic (exact) mass is 345 g/mol. The average Bonchev–Trinajstić information content (AvgIpc) is 2.57. The highest BCUT2D eigenvalue weighted by molar-refractivity contribution is 5.72. The first-order chi connectivity index (χ1) is 11.7. The van der Waals surface area contributed by atoms with Crippen molar-refractivity contribution in [2.45, 2.75) is 32.7 Å². The predicted octanol–water partition coefficient (Wildman–Crippen LogP) is 0.246. The molecule has 0 aromatic rings. The van der Waals surface area contributed by atoms with E-state index in [1.165, 1.54) is 19.8 Å². The number of ether oxygens (including phenoxy) is 3. The van der Waals surface area contributed by atoms with Crippen molar-refractivity contribution in [3.63, 3.8) is 0 Å². The van der Waals surface area contributed by atoms with Gasteiger partial charge in [0.15, 0.2) is 0 Å². The summed E-state index contributed by atoms with van der Waals surface area (Å²) in [7, 11) is 0. The van der Waals surface area contributed by atoms with Crippen LogP contribution in [0.25, 0.3) is 0 Å². The molecule has 0 spiro atoms. The standard InChI is InChI=1S/C17H35N3O4/c1-3-18-17-4-7-20(8-5-17)9-11-23-13-15-24-14-12-22-10-6-19-16(2)21/h17-18H,3-15H2,1-2H3,(H,19,21). The Morgan fingerprint density at radius 1 is 1.00 bits per heavy atom. The van der Waals surface area contributed by atoms with Gasteiger partial charge >= 0.3 is 0 Å². The number of hydrogen-bond donors (Lipinski definition) is 2. The first kappa shape index (κ1) is 21.3. The minimum atomic E-state index is -0.0333. The zero-order chi connectivity index (χ0) is 17.5. The molecule has 1 aliphatic rings. The van der Waals surface area contributed by atoms with Gasteiger partial charge in [0, 0.05) is 26.1 Å². The van der Waals surface area contributed by atoms with Gasteiger partial charge in [-0.3, -0.25) is 4.79 Å². The lowest BCUT2D eigenvalue weighted by molar-refractivity contribution is -0.119. The van der Waals surface area contributed by atoms with E-state index >= 15 is 0 Å². The van der Waals surface area contributed by atoms with Gasteiger partial charge in [0.2, 0.25) is 5.91 Å². The van der Waals surface area contributed by atoms with Crippen LogP contribution in [-0.4, -0.2) is 89.2 Å². The summed E-state index contributed by atoms with van der Waals surface area (Å²) in [4.78, 5) is 13.1. The number of nitrogens with one attached hydrogen (secondary N) is 2. The van der Waals surface area contributed by atoms with Crippen LogP contribution < -0.4 is 10.6 Å². The van der Waals surface area contributed by atoms with E-state index in [4.69, 9.17) is 14.2 Å². The van der Waals surface area contributed by atoms with Crippen LogP contribution in [0.1, 0.15) is 26.7 Å². The van der Waals surface area contributed by atoms with E-state index in [0.717, 1.165) is 32.8 Å². The number of nitrogens with zero attached hydrogens (tertiary/aromatic N) is 1. The Kier molecular flexibility index (Phi) is 13.0. The van der Waals surface area contributed by atoms with E-state index in [0.29, 0.717) is 45.6 Å². The Morgan fingerprint density at radius 2 is 1.58 bits per heavy atom. The van der Waals surface area contributed by atoms with Gasteiger partial charge in [-0.05, 0) is 32.5 Å². The number of carbonyl (C=O) groups is 1. The van der Waals surface area contributed by atoms with E-state index in [-0.39, 0.29) is 5.91 Å². The molecule has 1 amide bonds. The Hall–Kier alpha value is -0.730. The Labute approximate surface area is 146 Å². The maximum Gasteiger partial charge on any atom is 0.216 e. The van der Waals surface area contributed by atoms with Crippen LogP contribution >= 0.6 is 0 Å². The molecule has 1 heterocycles. The van der Waals surface area contributed by atoms with Gasteiger partial charge < -0.3 is 29.7 Å². The quantitative estimate of drug-likeness (QED) is 0.440. The van der Waals surface area contributed by atoms with Gasteiger partial charge in [0.05, 0.1) is 39.6 Å². The fourth-order valence-electron chi connectivity index (χ4n) is 2.68. The molecule has 1 rings (SSSR count). The SMILES string of the molecule is CCNC1CCN(CCOCCOCCOCCNC(C)=O)CC1.